The Morgan fingerprint density at radius 3 is 2.42 bits per heavy atom. The zero-order chi connectivity index (χ0) is 13.9. The standard InChI is InChI=1S/C15H19NO.C2H6/c1-2-16-9-7-15(8-10-16)11-14(17)12-5-3-4-6-13(12)15;1-2/h3-6H,2,7-11H2,1H3;1-2H3. The van der Waals surface area contributed by atoms with E-state index in [1.54, 1.807) is 0 Å². The maximum absolute atomic E-state index is 12.1. The molecular formula is C17H25NO. The van der Waals surface area contributed by atoms with Gasteiger partial charge in [0.1, 0.15) is 0 Å². The van der Waals surface area contributed by atoms with Crippen LogP contribution in [-0.2, 0) is 5.41 Å². The summed E-state index contributed by atoms with van der Waals surface area (Å²) in [5.41, 5.74) is 2.47. The van der Waals surface area contributed by atoms with Gasteiger partial charge in [-0.1, -0.05) is 45.0 Å². The predicted molar refractivity (Wildman–Crippen MR) is 79.8 cm³/mol. The molecule has 2 heteroatoms. The molecule has 2 aliphatic rings. The van der Waals surface area contributed by atoms with E-state index < -0.39 is 0 Å². The molecule has 0 N–H and O–H groups in total. The Hall–Kier alpha value is -1.15. The average molecular weight is 259 g/mol. The molecule has 1 aromatic rings. The van der Waals surface area contributed by atoms with Gasteiger partial charge in [-0.25, -0.2) is 0 Å². The molecule has 3 rings (SSSR count). The number of hydrogen-bond donors (Lipinski definition) is 0. The Bertz CT molecular complexity index is 444. The fraction of sp³-hybridized carbons (Fsp3) is 0.588. The first-order valence-corrected chi connectivity index (χ1v) is 7.60. The summed E-state index contributed by atoms with van der Waals surface area (Å²) >= 11 is 0. The van der Waals surface area contributed by atoms with E-state index in [0.29, 0.717) is 5.78 Å². The highest BCUT2D eigenvalue weighted by Gasteiger charge is 2.44. The average Bonchev–Trinajstić information content (AvgIpc) is 2.76. The maximum atomic E-state index is 12.1. The Balaban J connectivity index is 0.000000637. The number of rotatable bonds is 1. The van der Waals surface area contributed by atoms with Crippen LogP contribution in [0.25, 0.3) is 0 Å². The van der Waals surface area contributed by atoms with E-state index in [-0.39, 0.29) is 5.41 Å². The molecule has 0 unspecified atom stereocenters. The molecule has 0 bridgehead atoms. The number of hydrogen-bond acceptors (Lipinski definition) is 2. The van der Waals surface area contributed by atoms with Crippen molar-refractivity contribution in [1.82, 2.24) is 4.90 Å². The first-order chi connectivity index (χ1) is 9.25. The smallest absolute Gasteiger partial charge is 0.164 e. The van der Waals surface area contributed by atoms with Crippen LogP contribution in [-0.4, -0.2) is 30.3 Å². The summed E-state index contributed by atoms with van der Waals surface area (Å²) in [4.78, 5) is 14.6. The Morgan fingerprint density at radius 1 is 1.16 bits per heavy atom. The molecule has 2 nitrogen and oxygen atoms in total. The lowest BCUT2D eigenvalue weighted by molar-refractivity contribution is 0.0938. The highest BCUT2D eigenvalue weighted by Crippen LogP contribution is 2.45. The molecule has 1 spiro atoms. The van der Waals surface area contributed by atoms with Crippen LogP contribution < -0.4 is 0 Å². The second-order valence-corrected chi connectivity index (χ2v) is 5.36. The molecule has 1 aromatic carbocycles. The summed E-state index contributed by atoms with van der Waals surface area (Å²) < 4.78 is 0. The van der Waals surface area contributed by atoms with Gasteiger partial charge in [-0.15, -0.1) is 0 Å². The van der Waals surface area contributed by atoms with E-state index >= 15 is 0 Å². The van der Waals surface area contributed by atoms with Crippen molar-refractivity contribution >= 4 is 5.78 Å². The number of likely N-dealkylation sites (tertiary alicyclic amines) is 1. The molecule has 104 valence electrons. The summed E-state index contributed by atoms with van der Waals surface area (Å²) in [5.74, 6) is 0.352. The van der Waals surface area contributed by atoms with Gasteiger partial charge in [0.05, 0.1) is 0 Å². The van der Waals surface area contributed by atoms with Gasteiger partial charge in [-0.2, -0.15) is 0 Å². The van der Waals surface area contributed by atoms with Crippen molar-refractivity contribution in [2.45, 2.75) is 45.4 Å². The molecule has 0 saturated carbocycles. The fourth-order valence-electron chi connectivity index (χ4n) is 3.43. The largest absolute Gasteiger partial charge is 0.304 e. The summed E-state index contributed by atoms with van der Waals surface area (Å²) in [6.07, 6.45) is 3.02. The van der Waals surface area contributed by atoms with Crippen LogP contribution in [0.4, 0.5) is 0 Å². The van der Waals surface area contributed by atoms with Crippen molar-refractivity contribution in [3.63, 3.8) is 0 Å². The summed E-state index contributed by atoms with van der Waals surface area (Å²) in [5, 5.41) is 0. The molecule has 1 aliphatic carbocycles. The molecule has 0 atom stereocenters. The van der Waals surface area contributed by atoms with Crippen molar-refractivity contribution in [3.8, 4) is 0 Å². The lowest BCUT2D eigenvalue weighted by Crippen LogP contribution is -2.41. The first kappa shape index (κ1) is 14.3. The van der Waals surface area contributed by atoms with E-state index in [1.165, 1.54) is 5.56 Å². The first-order valence-electron chi connectivity index (χ1n) is 7.60. The van der Waals surface area contributed by atoms with Crippen molar-refractivity contribution in [3.05, 3.63) is 35.4 Å². The maximum Gasteiger partial charge on any atom is 0.164 e. The number of carbonyl (C=O) groups excluding carboxylic acids is 1. The zero-order valence-electron chi connectivity index (χ0n) is 12.4. The lowest BCUT2D eigenvalue weighted by atomic mass is 9.74. The molecule has 1 aliphatic heterocycles. The van der Waals surface area contributed by atoms with Gasteiger partial charge in [0.15, 0.2) is 5.78 Å². The Morgan fingerprint density at radius 2 is 1.79 bits per heavy atom. The quantitative estimate of drug-likeness (QED) is 0.767. The van der Waals surface area contributed by atoms with Gasteiger partial charge in [0, 0.05) is 17.4 Å². The lowest BCUT2D eigenvalue weighted by Gasteiger charge is -2.39. The second-order valence-electron chi connectivity index (χ2n) is 5.36. The molecule has 0 radical (unpaired) electrons. The molecule has 0 aromatic heterocycles. The minimum Gasteiger partial charge on any atom is -0.304 e. The van der Waals surface area contributed by atoms with Crippen LogP contribution in [0, 0.1) is 0 Å². The van der Waals surface area contributed by atoms with Crippen LogP contribution in [0.5, 0.6) is 0 Å². The van der Waals surface area contributed by atoms with Gasteiger partial charge in [-0.05, 0) is 38.0 Å². The molecule has 1 saturated heterocycles. The van der Waals surface area contributed by atoms with Gasteiger partial charge < -0.3 is 4.90 Å². The molecule has 0 amide bonds. The molecule has 19 heavy (non-hydrogen) atoms. The zero-order valence-corrected chi connectivity index (χ0v) is 12.4. The van der Waals surface area contributed by atoms with E-state index in [4.69, 9.17) is 0 Å². The highest BCUT2D eigenvalue weighted by atomic mass is 16.1. The Labute approximate surface area is 116 Å². The van der Waals surface area contributed by atoms with E-state index in [2.05, 4.69) is 24.0 Å². The van der Waals surface area contributed by atoms with Crippen LogP contribution in [0.2, 0.25) is 0 Å². The third-order valence-electron chi connectivity index (χ3n) is 4.56. The molecule has 1 fully saturated rings. The number of nitrogens with zero attached hydrogens (tertiary/aromatic N) is 1. The highest BCUT2D eigenvalue weighted by molar-refractivity contribution is 6.02. The second kappa shape index (κ2) is 5.87. The summed E-state index contributed by atoms with van der Waals surface area (Å²) in [6.45, 7) is 9.62. The summed E-state index contributed by atoms with van der Waals surface area (Å²) in [7, 11) is 0. The van der Waals surface area contributed by atoms with Gasteiger partial charge >= 0.3 is 0 Å². The topological polar surface area (TPSA) is 20.3 Å². The number of Topliss-reactive ketones (excluding diaryl/α,β-unsaturated/α-hetero) is 1. The van der Waals surface area contributed by atoms with Crippen molar-refractivity contribution < 1.29 is 4.79 Å². The molecular weight excluding hydrogens is 234 g/mol. The van der Waals surface area contributed by atoms with Gasteiger partial charge in [0.25, 0.3) is 0 Å². The van der Waals surface area contributed by atoms with Crippen molar-refractivity contribution in [1.29, 1.82) is 0 Å². The fourth-order valence-corrected chi connectivity index (χ4v) is 3.43. The van der Waals surface area contributed by atoms with Crippen molar-refractivity contribution in [2.75, 3.05) is 19.6 Å². The van der Waals surface area contributed by atoms with Crippen LogP contribution >= 0.6 is 0 Å². The number of ketones is 1. The number of benzene rings is 1. The number of carbonyl (C=O) groups is 1. The van der Waals surface area contributed by atoms with Crippen molar-refractivity contribution in [2.24, 2.45) is 0 Å². The minimum absolute atomic E-state index is 0.166. The monoisotopic (exact) mass is 259 g/mol. The normalized spacial score (nSPS) is 20.9. The number of piperidine rings is 1. The van der Waals surface area contributed by atoms with Gasteiger partial charge in [-0.3, -0.25) is 4.79 Å². The van der Waals surface area contributed by atoms with E-state index in [1.807, 2.05) is 26.0 Å². The third kappa shape index (κ3) is 2.46. The van der Waals surface area contributed by atoms with E-state index in [9.17, 15) is 4.79 Å². The van der Waals surface area contributed by atoms with Crippen LogP contribution in [0.15, 0.2) is 24.3 Å². The summed E-state index contributed by atoms with van der Waals surface area (Å²) in [6, 6.07) is 8.22. The van der Waals surface area contributed by atoms with Crippen LogP contribution in [0.1, 0.15) is 56.0 Å². The third-order valence-corrected chi connectivity index (χ3v) is 4.56. The molecule has 1 heterocycles. The SMILES string of the molecule is CC.CCN1CCC2(CC1)CC(=O)c1ccccc12. The number of fused-ring (bicyclic) bond motifs is 2. The minimum atomic E-state index is 0.166. The van der Waals surface area contributed by atoms with Crippen LogP contribution in [0.3, 0.4) is 0 Å². The van der Waals surface area contributed by atoms with Gasteiger partial charge in [0.2, 0.25) is 0 Å². The van der Waals surface area contributed by atoms with E-state index in [0.717, 1.165) is 44.5 Å². The Kier molecular flexibility index (Phi) is 4.41. The predicted octanol–water partition coefficient (Wildman–Crippen LogP) is 3.65.